The summed E-state index contributed by atoms with van der Waals surface area (Å²) in [6, 6.07) is 6.17. The third-order valence-electron chi connectivity index (χ3n) is 6.48. The highest BCUT2D eigenvalue weighted by Crippen LogP contribution is 2.41. The lowest BCUT2D eigenvalue weighted by Gasteiger charge is -2.41. The van der Waals surface area contributed by atoms with Crippen LogP contribution in [0.4, 0.5) is 0 Å². The Labute approximate surface area is 179 Å². The van der Waals surface area contributed by atoms with Crippen LogP contribution in [-0.4, -0.2) is 41.7 Å². The van der Waals surface area contributed by atoms with Crippen LogP contribution in [0, 0.1) is 5.92 Å². The Morgan fingerprint density at radius 1 is 1.00 bits per heavy atom. The predicted molar refractivity (Wildman–Crippen MR) is 118 cm³/mol. The molecule has 1 aliphatic rings. The van der Waals surface area contributed by atoms with Crippen LogP contribution in [-0.2, 0) is 20.4 Å². The van der Waals surface area contributed by atoms with Gasteiger partial charge in [0.25, 0.3) is 0 Å². The number of rotatable bonds is 7. The molecule has 30 heavy (non-hydrogen) atoms. The molecule has 1 fully saturated rings. The van der Waals surface area contributed by atoms with Crippen molar-refractivity contribution >= 4 is 20.3 Å². The van der Waals surface area contributed by atoms with Gasteiger partial charge in [0.1, 0.15) is 5.75 Å². The average Bonchev–Trinajstić information content (AvgIpc) is 2.62. The molecule has 3 N–H and O–H groups in total. The molecule has 0 saturated heterocycles. The first-order chi connectivity index (χ1) is 13.8. The number of phenolic OH excluding ortho intramolecular Hbond substituents is 1. The van der Waals surface area contributed by atoms with Gasteiger partial charge in [0, 0.05) is 12.5 Å². The summed E-state index contributed by atoms with van der Waals surface area (Å²) >= 11 is 0. The Kier molecular flexibility index (Phi) is 7.53. The van der Waals surface area contributed by atoms with E-state index < -0.39 is 20.3 Å². The monoisotopic (exact) mass is 434 g/mol. The summed E-state index contributed by atoms with van der Waals surface area (Å²) in [7, 11) is -1.90. The quantitative estimate of drug-likeness (QED) is 0.413. The Bertz CT molecular complexity index is 796. The van der Waals surface area contributed by atoms with Crippen LogP contribution in [0.1, 0.15) is 52.0 Å². The van der Waals surface area contributed by atoms with E-state index in [1.165, 1.54) is 12.1 Å². The van der Waals surface area contributed by atoms with Crippen LogP contribution >= 0.6 is 0 Å². The number of benzene rings is 1. The second-order valence-electron chi connectivity index (χ2n) is 9.70. The highest BCUT2D eigenvalue weighted by Gasteiger charge is 2.40. The number of carbonyl (C=O) groups is 2. The van der Waals surface area contributed by atoms with Crippen molar-refractivity contribution in [3.63, 3.8) is 0 Å². The van der Waals surface area contributed by atoms with E-state index in [1.807, 2.05) is 0 Å². The molecule has 1 saturated carbocycles. The maximum atomic E-state index is 12.0. The molecule has 1 aliphatic carbocycles. The molecule has 0 spiro atoms. The Balaban J connectivity index is 2.20. The van der Waals surface area contributed by atoms with E-state index in [9.17, 15) is 24.9 Å². The molecular weight excluding hydrogens is 400 g/mol. The number of carboxylic acids is 2. The van der Waals surface area contributed by atoms with Crippen LogP contribution in [0.5, 0.6) is 5.75 Å². The number of aromatic hydroxyl groups is 1. The Morgan fingerprint density at radius 3 is 1.97 bits per heavy atom. The maximum absolute atomic E-state index is 12.0. The average molecular weight is 435 g/mol. The second kappa shape index (κ2) is 9.35. The zero-order chi connectivity index (χ0) is 22.7. The number of phenols is 1. The largest absolute Gasteiger partial charge is 0.508 e. The first-order valence-corrected chi connectivity index (χ1v) is 13.4. The summed E-state index contributed by atoms with van der Waals surface area (Å²) in [4.78, 5) is 24.0. The summed E-state index contributed by atoms with van der Waals surface area (Å²) in [6.45, 7) is 11.0. The van der Waals surface area contributed by atoms with E-state index in [-0.39, 0.29) is 40.4 Å². The first kappa shape index (κ1) is 24.1. The summed E-state index contributed by atoms with van der Waals surface area (Å²) in [5, 5.41) is 29.1. The van der Waals surface area contributed by atoms with Crippen molar-refractivity contribution in [2.45, 2.75) is 77.1 Å². The van der Waals surface area contributed by atoms with Gasteiger partial charge in [0.15, 0.2) is 8.32 Å². The molecule has 0 amide bonds. The van der Waals surface area contributed by atoms with Gasteiger partial charge in [-0.2, -0.15) is 0 Å². The minimum Gasteiger partial charge on any atom is -0.508 e. The third-order valence-corrected chi connectivity index (χ3v) is 11.0. The van der Waals surface area contributed by atoms with Crippen LogP contribution < -0.4 is 0 Å². The van der Waals surface area contributed by atoms with Gasteiger partial charge in [-0.25, -0.2) is 9.59 Å². The van der Waals surface area contributed by atoms with Crippen molar-refractivity contribution in [3.8, 4) is 5.75 Å². The Hall–Kier alpha value is -2.12. The zero-order valence-corrected chi connectivity index (χ0v) is 19.6. The predicted octanol–water partition coefficient (Wildman–Crippen LogP) is 4.98. The van der Waals surface area contributed by atoms with Gasteiger partial charge in [-0.3, -0.25) is 0 Å². The highest BCUT2D eigenvalue weighted by atomic mass is 28.4. The van der Waals surface area contributed by atoms with E-state index >= 15 is 0 Å². The third kappa shape index (κ3) is 5.95. The summed E-state index contributed by atoms with van der Waals surface area (Å²) in [6.07, 6.45) is 2.79. The van der Waals surface area contributed by atoms with Gasteiger partial charge >= 0.3 is 11.9 Å². The fourth-order valence-corrected chi connectivity index (χ4v) is 5.14. The van der Waals surface area contributed by atoms with Gasteiger partial charge in [-0.1, -0.05) is 32.9 Å². The van der Waals surface area contributed by atoms with Gasteiger partial charge < -0.3 is 19.7 Å². The summed E-state index contributed by atoms with van der Waals surface area (Å²) < 4.78 is 6.48. The van der Waals surface area contributed by atoms with Gasteiger partial charge in [0.05, 0.1) is 11.1 Å². The van der Waals surface area contributed by atoms with Crippen LogP contribution in [0.2, 0.25) is 18.1 Å². The maximum Gasteiger partial charge on any atom is 0.332 e. The molecule has 7 heteroatoms. The molecule has 1 aromatic rings. The minimum absolute atomic E-state index is 0.00125. The first-order valence-electron chi connectivity index (χ1n) is 10.5. The number of aliphatic carboxylic acids is 2. The molecule has 1 aromatic carbocycles. The lowest BCUT2D eigenvalue weighted by Crippen LogP contribution is -2.44. The summed E-state index contributed by atoms with van der Waals surface area (Å²) in [5.74, 6) is -2.59. The van der Waals surface area contributed by atoms with Crippen molar-refractivity contribution in [2.75, 3.05) is 0 Å². The van der Waals surface area contributed by atoms with E-state index in [2.05, 4.69) is 33.9 Å². The molecule has 166 valence electrons. The lowest BCUT2D eigenvalue weighted by molar-refractivity contribution is -0.136. The van der Waals surface area contributed by atoms with Crippen LogP contribution in [0.15, 0.2) is 35.4 Å². The zero-order valence-electron chi connectivity index (χ0n) is 18.6. The van der Waals surface area contributed by atoms with Gasteiger partial charge in [0.2, 0.25) is 0 Å². The fraction of sp³-hybridized carbons (Fsp3) is 0.565. The SMILES string of the molecule is CC(C)(C)[Si](C)(C)OC1CCC(/C(C(=O)O)=C(\Cc2ccc(O)cc2)C(=O)O)CC1. The molecule has 0 bridgehead atoms. The van der Waals surface area contributed by atoms with Gasteiger partial charge in [-0.15, -0.1) is 0 Å². The number of hydrogen-bond acceptors (Lipinski definition) is 4. The minimum atomic E-state index is -1.90. The molecule has 0 unspecified atom stereocenters. The van der Waals surface area contributed by atoms with Crippen molar-refractivity contribution in [1.29, 1.82) is 0 Å². The molecule has 0 aliphatic heterocycles. The molecular formula is C23H34O6Si. The molecule has 6 nitrogen and oxygen atoms in total. The molecule has 2 rings (SSSR count). The summed E-state index contributed by atoms with van der Waals surface area (Å²) in [5.41, 5.74) is 0.571. The molecule has 0 radical (unpaired) electrons. The molecule has 0 atom stereocenters. The van der Waals surface area contributed by atoms with E-state index in [1.54, 1.807) is 12.1 Å². The Morgan fingerprint density at radius 2 is 1.53 bits per heavy atom. The number of carboxylic acid groups (broad SMARTS) is 2. The van der Waals surface area contributed by atoms with E-state index in [0.29, 0.717) is 18.4 Å². The van der Waals surface area contributed by atoms with Crippen molar-refractivity contribution in [2.24, 2.45) is 5.92 Å². The van der Waals surface area contributed by atoms with Gasteiger partial charge in [-0.05, 0) is 67.4 Å². The van der Waals surface area contributed by atoms with E-state index in [0.717, 1.165) is 12.8 Å². The van der Waals surface area contributed by atoms with Crippen LogP contribution in [0.3, 0.4) is 0 Å². The standard InChI is InChI=1S/C23H34O6Si/c1-23(2,3)30(4,5)29-18-12-8-16(9-13-18)20(22(27)28)19(21(25)26)14-15-6-10-17(24)11-7-15/h6-7,10-11,16,18,24H,8-9,12-14H2,1-5H3,(H,25,26)(H,27,28)/b20-19-. The topological polar surface area (TPSA) is 104 Å². The fourth-order valence-electron chi connectivity index (χ4n) is 3.72. The number of hydrogen-bond donors (Lipinski definition) is 3. The van der Waals surface area contributed by atoms with Crippen molar-refractivity contribution in [3.05, 3.63) is 41.0 Å². The smallest absolute Gasteiger partial charge is 0.332 e. The van der Waals surface area contributed by atoms with Crippen molar-refractivity contribution < 1.29 is 29.3 Å². The molecule has 0 aromatic heterocycles. The normalized spacial score (nSPS) is 21.1. The lowest BCUT2D eigenvalue weighted by atomic mass is 9.79. The second-order valence-corrected chi connectivity index (χ2v) is 14.5. The van der Waals surface area contributed by atoms with Crippen LogP contribution in [0.25, 0.3) is 0 Å². The van der Waals surface area contributed by atoms with Crippen molar-refractivity contribution in [1.82, 2.24) is 0 Å². The highest BCUT2D eigenvalue weighted by molar-refractivity contribution is 6.74. The molecule has 0 heterocycles. The van der Waals surface area contributed by atoms with E-state index in [4.69, 9.17) is 4.43 Å².